The molecule has 6 nitrogen and oxygen atoms in total. The molecular formula is C25H24O6. The zero-order valence-corrected chi connectivity index (χ0v) is 17.7. The number of ketones is 1. The molecule has 0 radical (unpaired) electrons. The maximum Gasteiger partial charge on any atom is 0.203 e. The molecule has 0 amide bonds. The lowest BCUT2D eigenvalue weighted by molar-refractivity contribution is 0.0949. The Morgan fingerprint density at radius 3 is 2.13 bits per heavy atom. The van der Waals surface area contributed by atoms with Gasteiger partial charge >= 0.3 is 0 Å². The predicted molar refractivity (Wildman–Crippen MR) is 115 cm³/mol. The molecule has 1 aliphatic rings. The van der Waals surface area contributed by atoms with Crippen LogP contribution < -0.4 is 18.9 Å². The van der Waals surface area contributed by atoms with E-state index < -0.39 is 6.10 Å². The van der Waals surface area contributed by atoms with Crippen LogP contribution in [0.3, 0.4) is 0 Å². The van der Waals surface area contributed by atoms with Crippen molar-refractivity contribution in [3.63, 3.8) is 0 Å². The van der Waals surface area contributed by atoms with Crippen molar-refractivity contribution in [2.24, 2.45) is 0 Å². The van der Waals surface area contributed by atoms with Gasteiger partial charge in [-0.05, 0) is 35.4 Å². The van der Waals surface area contributed by atoms with Gasteiger partial charge in [-0.2, -0.15) is 0 Å². The fraction of sp³-hybridized carbons (Fsp3) is 0.240. The van der Waals surface area contributed by atoms with Gasteiger partial charge in [-0.25, -0.2) is 0 Å². The van der Waals surface area contributed by atoms with E-state index in [-0.39, 0.29) is 11.9 Å². The van der Waals surface area contributed by atoms with Crippen molar-refractivity contribution in [1.82, 2.24) is 0 Å². The Morgan fingerprint density at radius 2 is 1.48 bits per heavy atom. The molecule has 3 aromatic carbocycles. The molecule has 1 fully saturated rings. The smallest absolute Gasteiger partial charge is 0.203 e. The number of methoxy groups -OCH3 is 3. The molecule has 1 aliphatic heterocycles. The maximum absolute atomic E-state index is 13.2. The molecule has 2 atom stereocenters. The first-order valence-corrected chi connectivity index (χ1v) is 9.91. The Bertz CT molecular complexity index is 1040. The molecule has 0 N–H and O–H groups in total. The van der Waals surface area contributed by atoms with Crippen molar-refractivity contribution in [2.45, 2.75) is 18.8 Å². The SMILES string of the molecule is COc1cc([C@@H]2O[C@@H]2C(=O)c2ccccc2OCc2ccccc2)cc(OC)c1OC. The van der Waals surface area contributed by atoms with E-state index in [4.69, 9.17) is 23.7 Å². The van der Waals surface area contributed by atoms with Crippen LogP contribution in [-0.4, -0.2) is 33.2 Å². The van der Waals surface area contributed by atoms with Gasteiger partial charge in [0.05, 0.1) is 26.9 Å². The van der Waals surface area contributed by atoms with Crippen LogP contribution in [0.4, 0.5) is 0 Å². The molecule has 0 aliphatic carbocycles. The third-order valence-electron chi connectivity index (χ3n) is 5.16. The molecule has 0 aromatic heterocycles. The number of rotatable bonds is 9. The van der Waals surface area contributed by atoms with E-state index in [1.165, 1.54) is 0 Å². The molecule has 0 bridgehead atoms. The first-order valence-electron chi connectivity index (χ1n) is 9.91. The molecule has 4 rings (SSSR count). The molecule has 0 spiro atoms. The van der Waals surface area contributed by atoms with Gasteiger partial charge in [0, 0.05) is 0 Å². The van der Waals surface area contributed by atoms with Crippen molar-refractivity contribution >= 4 is 5.78 Å². The largest absolute Gasteiger partial charge is 0.493 e. The average Bonchev–Trinajstić information content (AvgIpc) is 3.63. The zero-order valence-electron chi connectivity index (χ0n) is 17.7. The van der Waals surface area contributed by atoms with E-state index in [2.05, 4.69) is 0 Å². The van der Waals surface area contributed by atoms with Gasteiger partial charge < -0.3 is 23.7 Å². The lowest BCUT2D eigenvalue weighted by atomic mass is 10.0. The summed E-state index contributed by atoms with van der Waals surface area (Å²) in [5.41, 5.74) is 2.32. The number of para-hydroxylation sites is 1. The summed E-state index contributed by atoms with van der Waals surface area (Å²) in [5, 5.41) is 0. The molecule has 6 heteroatoms. The summed E-state index contributed by atoms with van der Waals surface area (Å²) in [6.45, 7) is 0.382. The predicted octanol–water partition coefficient (Wildman–Crippen LogP) is 4.61. The molecule has 31 heavy (non-hydrogen) atoms. The lowest BCUT2D eigenvalue weighted by Gasteiger charge is -2.13. The highest BCUT2D eigenvalue weighted by Crippen LogP contribution is 2.47. The summed E-state index contributed by atoms with van der Waals surface area (Å²) in [4.78, 5) is 13.2. The first kappa shape index (κ1) is 20.8. The molecule has 1 heterocycles. The van der Waals surface area contributed by atoms with Gasteiger partial charge in [0.2, 0.25) is 5.75 Å². The molecule has 3 aromatic rings. The third-order valence-corrected chi connectivity index (χ3v) is 5.16. The van der Waals surface area contributed by atoms with Crippen LogP contribution in [0.5, 0.6) is 23.0 Å². The second kappa shape index (κ2) is 9.10. The fourth-order valence-electron chi connectivity index (χ4n) is 3.52. The molecule has 1 saturated heterocycles. The minimum Gasteiger partial charge on any atom is -0.493 e. The number of hydrogen-bond acceptors (Lipinski definition) is 6. The Hall–Kier alpha value is -3.51. The second-order valence-electron chi connectivity index (χ2n) is 7.07. The Kier molecular flexibility index (Phi) is 6.09. The number of benzene rings is 3. The monoisotopic (exact) mass is 420 g/mol. The number of carbonyl (C=O) groups excluding carboxylic acids is 1. The highest BCUT2D eigenvalue weighted by Gasteiger charge is 2.47. The van der Waals surface area contributed by atoms with Gasteiger partial charge in [-0.1, -0.05) is 42.5 Å². The number of hydrogen-bond donors (Lipinski definition) is 0. The van der Waals surface area contributed by atoms with Gasteiger partial charge in [0.1, 0.15) is 18.5 Å². The third kappa shape index (κ3) is 4.34. The topological polar surface area (TPSA) is 66.5 Å². The normalized spacial score (nSPS) is 17.0. The van der Waals surface area contributed by atoms with Crippen LogP contribution in [0.2, 0.25) is 0 Å². The first-order chi connectivity index (χ1) is 15.2. The van der Waals surface area contributed by atoms with E-state index in [0.29, 0.717) is 35.2 Å². The molecule has 0 saturated carbocycles. The number of carbonyl (C=O) groups is 1. The minimum atomic E-state index is -0.593. The number of epoxide rings is 1. The van der Waals surface area contributed by atoms with E-state index in [1.54, 1.807) is 45.6 Å². The maximum atomic E-state index is 13.2. The van der Waals surface area contributed by atoms with Gasteiger partial charge in [0.25, 0.3) is 0 Å². The average molecular weight is 420 g/mol. The van der Waals surface area contributed by atoms with Crippen LogP contribution in [0.25, 0.3) is 0 Å². The summed E-state index contributed by atoms with van der Waals surface area (Å²) >= 11 is 0. The van der Waals surface area contributed by atoms with Crippen molar-refractivity contribution in [3.8, 4) is 23.0 Å². The molecule has 160 valence electrons. The van der Waals surface area contributed by atoms with Crippen molar-refractivity contribution in [1.29, 1.82) is 0 Å². The van der Waals surface area contributed by atoms with Crippen LogP contribution in [-0.2, 0) is 11.3 Å². The van der Waals surface area contributed by atoms with Crippen molar-refractivity contribution in [3.05, 3.63) is 83.4 Å². The lowest BCUT2D eigenvalue weighted by Crippen LogP contribution is -2.11. The highest BCUT2D eigenvalue weighted by atomic mass is 16.6. The van der Waals surface area contributed by atoms with Crippen LogP contribution >= 0.6 is 0 Å². The summed E-state index contributed by atoms with van der Waals surface area (Å²) in [6.07, 6.45) is -0.979. The van der Waals surface area contributed by atoms with Gasteiger partial charge in [-0.15, -0.1) is 0 Å². The van der Waals surface area contributed by atoms with Gasteiger partial charge in [0.15, 0.2) is 23.4 Å². The number of Topliss-reactive ketones (excluding diaryl/α,β-unsaturated/α-hetero) is 1. The Labute approximate surface area is 181 Å². The van der Waals surface area contributed by atoms with Crippen molar-refractivity contribution < 1.29 is 28.5 Å². The summed E-state index contributed by atoms with van der Waals surface area (Å²) in [7, 11) is 4.65. The van der Waals surface area contributed by atoms with E-state index >= 15 is 0 Å². The fourth-order valence-corrected chi connectivity index (χ4v) is 3.52. The number of ether oxygens (including phenoxy) is 5. The molecule has 0 unspecified atom stereocenters. The Morgan fingerprint density at radius 1 is 0.839 bits per heavy atom. The van der Waals surface area contributed by atoms with E-state index in [9.17, 15) is 4.79 Å². The molecular weight excluding hydrogens is 396 g/mol. The zero-order chi connectivity index (χ0) is 21.8. The van der Waals surface area contributed by atoms with Crippen LogP contribution in [0.15, 0.2) is 66.7 Å². The summed E-state index contributed by atoms with van der Waals surface area (Å²) in [6, 6.07) is 20.7. The van der Waals surface area contributed by atoms with E-state index in [1.807, 2.05) is 42.5 Å². The quantitative estimate of drug-likeness (QED) is 0.372. The van der Waals surface area contributed by atoms with Crippen molar-refractivity contribution in [2.75, 3.05) is 21.3 Å². The summed E-state index contributed by atoms with van der Waals surface area (Å²) in [5.74, 6) is 1.95. The summed E-state index contributed by atoms with van der Waals surface area (Å²) < 4.78 is 27.9. The van der Waals surface area contributed by atoms with E-state index in [0.717, 1.165) is 11.1 Å². The highest BCUT2D eigenvalue weighted by molar-refractivity contribution is 6.03. The van der Waals surface area contributed by atoms with Crippen LogP contribution in [0, 0.1) is 0 Å². The second-order valence-corrected chi connectivity index (χ2v) is 7.07. The Balaban J connectivity index is 1.52. The van der Waals surface area contributed by atoms with Crippen LogP contribution in [0.1, 0.15) is 27.6 Å². The minimum absolute atomic E-state index is 0.123. The van der Waals surface area contributed by atoms with Gasteiger partial charge in [-0.3, -0.25) is 4.79 Å². The standard InChI is InChI=1S/C25H24O6/c1-27-20-13-17(14-21(28-2)24(20)29-3)23-25(31-23)22(26)18-11-7-8-12-19(18)30-15-16-9-5-4-6-10-16/h4-14,23,25H,15H2,1-3H3/t23-,25+/m0/s1.